The van der Waals surface area contributed by atoms with E-state index in [0.29, 0.717) is 32.7 Å². The molecule has 0 atom stereocenters. The van der Waals surface area contributed by atoms with E-state index in [1.807, 2.05) is 0 Å². The van der Waals surface area contributed by atoms with E-state index >= 15 is 0 Å². The van der Waals surface area contributed by atoms with Crippen molar-refractivity contribution in [3.63, 3.8) is 0 Å². The number of anilines is 1. The summed E-state index contributed by atoms with van der Waals surface area (Å²) >= 11 is 1.77. The quantitative estimate of drug-likeness (QED) is 0.861. The van der Waals surface area contributed by atoms with E-state index in [9.17, 15) is 13.2 Å². The largest absolute Gasteiger partial charge is 0.443 e. The lowest BCUT2D eigenvalue weighted by atomic mass is 10.3. The molecule has 0 fully saturated rings. The molecule has 0 bridgehead atoms. The molecular weight excluding hydrogens is 259 g/mol. The van der Waals surface area contributed by atoms with Crippen LogP contribution in [0.2, 0.25) is 0 Å². The predicted octanol–water partition coefficient (Wildman–Crippen LogP) is 3.18. The molecule has 8 heteroatoms. The van der Waals surface area contributed by atoms with E-state index in [1.54, 1.807) is 5.38 Å². The molecule has 0 saturated carbocycles. The Labute approximate surface area is 96.8 Å². The molecule has 0 unspecified atom stereocenters. The fourth-order valence-electron chi connectivity index (χ4n) is 1.15. The highest BCUT2D eigenvalue weighted by molar-refractivity contribution is 7.16. The van der Waals surface area contributed by atoms with Crippen LogP contribution >= 0.6 is 22.7 Å². The van der Waals surface area contributed by atoms with Crippen molar-refractivity contribution in [2.45, 2.75) is 13.1 Å². The summed E-state index contributed by atoms with van der Waals surface area (Å²) in [6.07, 6.45) is -4.41. The molecule has 2 N–H and O–H groups in total. The molecule has 0 aromatic carbocycles. The van der Waals surface area contributed by atoms with E-state index in [4.69, 9.17) is 5.73 Å². The number of alkyl halides is 3. The second-order valence-electron chi connectivity index (χ2n) is 3.00. The molecule has 0 aliphatic carbocycles. The van der Waals surface area contributed by atoms with Gasteiger partial charge in [0, 0.05) is 5.38 Å². The van der Waals surface area contributed by atoms with Gasteiger partial charge in [-0.05, 0) is 6.92 Å². The first-order valence-corrected chi connectivity index (χ1v) is 5.83. The summed E-state index contributed by atoms with van der Waals surface area (Å²) in [5, 5.41) is 1.10. The number of hydrogen-bond acceptors (Lipinski definition) is 5. The molecular formula is C8H6F3N3S2. The van der Waals surface area contributed by atoms with Gasteiger partial charge in [0.25, 0.3) is 0 Å². The van der Waals surface area contributed by atoms with Crippen molar-refractivity contribution in [3.8, 4) is 10.6 Å². The van der Waals surface area contributed by atoms with Gasteiger partial charge in [-0.3, -0.25) is 0 Å². The monoisotopic (exact) mass is 265 g/mol. The summed E-state index contributed by atoms with van der Waals surface area (Å²) in [6.45, 7) is 1.52. The van der Waals surface area contributed by atoms with Crippen LogP contribution in [0, 0.1) is 6.92 Å². The van der Waals surface area contributed by atoms with E-state index < -0.39 is 11.2 Å². The summed E-state index contributed by atoms with van der Waals surface area (Å²) in [7, 11) is 0. The molecule has 0 aliphatic rings. The van der Waals surface area contributed by atoms with Gasteiger partial charge in [0.1, 0.15) is 0 Å². The van der Waals surface area contributed by atoms with Crippen LogP contribution in [-0.4, -0.2) is 9.97 Å². The van der Waals surface area contributed by atoms with Crippen molar-refractivity contribution in [1.29, 1.82) is 0 Å². The minimum atomic E-state index is -4.41. The Balaban J connectivity index is 2.47. The van der Waals surface area contributed by atoms with E-state index in [1.165, 1.54) is 18.3 Å². The summed E-state index contributed by atoms with van der Waals surface area (Å²) < 4.78 is 37.2. The van der Waals surface area contributed by atoms with Gasteiger partial charge in [-0.1, -0.05) is 0 Å². The Morgan fingerprint density at radius 3 is 2.44 bits per heavy atom. The van der Waals surface area contributed by atoms with E-state index in [0.717, 1.165) is 0 Å². The Morgan fingerprint density at radius 1 is 1.31 bits per heavy atom. The Bertz CT molecular complexity index is 515. The topological polar surface area (TPSA) is 51.8 Å². The van der Waals surface area contributed by atoms with Crippen LogP contribution in [0.1, 0.15) is 10.7 Å². The SMILES string of the molecule is Cc1nc(C(F)(F)F)sc1-c1csc(N)n1. The zero-order valence-electron chi connectivity index (χ0n) is 8.00. The Morgan fingerprint density at radius 2 is 2.00 bits per heavy atom. The maximum atomic E-state index is 12.4. The number of halogens is 3. The number of thiazole rings is 2. The average molecular weight is 265 g/mol. The van der Waals surface area contributed by atoms with Gasteiger partial charge in [0.2, 0.25) is 0 Å². The lowest BCUT2D eigenvalue weighted by Gasteiger charge is -1.98. The first-order valence-electron chi connectivity index (χ1n) is 4.14. The van der Waals surface area contributed by atoms with Gasteiger partial charge >= 0.3 is 6.18 Å². The second kappa shape index (κ2) is 3.70. The lowest BCUT2D eigenvalue weighted by molar-refractivity contribution is -0.137. The summed E-state index contributed by atoms with van der Waals surface area (Å²) in [5.41, 5.74) is 6.20. The lowest BCUT2D eigenvalue weighted by Crippen LogP contribution is -2.03. The molecule has 16 heavy (non-hydrogen) atoms. The number of rotatable bonds is 1. The van der Waals surface area contributed by atoms with E-state index in [-0.39, 0.29) is 0 Å². The molecule has 0 spiro atoms. The third kappa shape index (κ3) is 2.03. The summed E-state index contributed by atoms with van der Waals surface area (Å²) in [6, 6.07) is 0. The van der Waals surface area contributed by atoms with Gasteiger partial charge in [-0.2, -0.15) is 13.2 Å². The maximum absolute atomic E-state index is 12.4. The maximum Gasteiger partial charge on any atom is 0.443 e. The fourth-order valence-corrected chi connectivity index (χ4v) is 2.67. The van der Waals surface area contributed by atoms with Crippen molar-refractivity contribution in [1.82, 2.24) is 9.97 Å². The van der Waals surface area contributed by atoms with Crippen molar-refractivity contribution in [3.05, 3.63) is 16.1 Å². The Kier molecular flexibility index (Phi) is 2.62. The van der Waals surface area contributed by atoms with Gasteiger partial charge in [0.15, 0.2) is 10.1 Å². The molecule has 2 aromatic heterocycles. The highest BCUT2D eigenvalue weighted by Gasteiger charge is 2.35. The number of nitrogens with two attached hydrogens (primary N) is 1. The highest BCUT2D eigenvalue weighted by Crippen LogP contribution is 2.38. The number of nitrogens with zero attached hydrogens (tertiary/aromatic N) is 2. The molecule has 2 aromatic rings. The first-order chi connectivity index (χ1) is 7.38. The van der Waals surface area contributed by atoms with Crippen LogP contribution in [0.4, 0.5) is 18.3 Å². The highest BCUT2D eigenvalue weighted by atomic mass is 32.1. The normalized spacial score (nSPS) is 12.0. The number of nitrogen functional groups attached to an aromatic ring is 1. The van der Waals surface area contributed by atoms with Gasteiger partial charge in [-0.25, -0.2) is 9.97 Å². The van der Waals surface area contributed by atoms with Gasteiger partial charge in [0.05, 0.1) is 16.3 Å². The second-order valence-corrected chi connectivity index (χ2v) is 4.89. The van der Waals surface area contributed by atoms with Gasteiger partial charge in [-0.15, -0.1) is 22.7 Å². The molecule has 0 aliphatic heterocycles. The molecule has 2 rings (SSSR count). The van der Waals surface area contributed by atoms with Crippen molar-refractivity contribution < 1.29 is 13.2 Å². The number of hydrogen-bond donors (Lipinski definition) is 1. The summed E-state index contributed by atoms with van der Waals surface area (Å²) in [5.74, 6) is 0. The third-order valence-corrected chi connectivity index (χ3v) is 3.69. The van der Waals surface area contributed by atoms with Crippen LogP contribution in [0.5, 0.6) is 0 Å². The van der Waals surface area contributed by atoms with Crippen molar-refractivity contribution in [2.24, 2.45) is 0 Å². The minimum absolute atomic E-state index is 0.322. The Hall–Kier alpha value is -1.15. The molecule has 86 valence electrons. The van der Waals surface area contributed by atoms with Crippen LogP contribution in [-0.2, 0) is 6.18 Å². The fraction of sp³-hybridized carbons (Fsp3) is 0.250. The van der Waals surface area contributed by atoms with Crippen LogP contribution in [0.15, 0.2) is 5.38 Å². The molecule has 0 saturated heterocycles. The molecule has 0 radical (unpaired) electrons. The van der Waals surface area contributed by atoms with Crippen LogP contribution in [0.25, 0.3) is 10.6 Å². The predicted molar refractivity (Wildman–Crippen MR) is 57.4 cm³/mol. The van der Waals surface area contributed by atoms with Crippen LogP contribution in [0.3, 0.4) is 0 Å². The molecule has 3 nitrogen and oxygen atoms in total. The van der Waals surface area contributed by atoms with Crippen LogP contribution < -0.4 is 5.73 Å². The average Bonchev–Trinajstić information content (AvgIpc) is 2.70. The minimum Gasteiger partial charge on any atom is -0.375 e. The first kappa shape index (κ1) is 11.3. The standard InChI is InChI=1S/C8H6F3N3S2/c1-3-5(4-2-15-7(12)14-4)16-6(13-3)8(9,10)11/h2H,1H3,(H2,12,14). The smallest absolute Gasteiger partial charge is 0.375 e. The van der Waals surface area contributed by atoms with Crippen molar-refractivity contribution >= 4 is 27.8 Å². The number of aryl methyl sites for hydroxylation is 1. The third-order valence-electron chi connectivity index (χ3n) is 1.79. The van der Waals surface area contributed by atoms with Gasteiger partial charge < -0.3 is 5.73 Å². The number of aromatic nitrogens is 2. The van der Waals surface area contributed by atoms with Crippen molar-refractivity contribution in [2.75, 3.05) is 5.73 Å². The summed E-state index contributed by atoms with van der Waals surface area (Å²) in [4.78, 5) is 7.84. The zero-order chi connectivity index (χ0) is 11.9. The molecule has 2 heterocycles. The zero-order valence-corrected chi connectivity index (χ0v) is 9.63. The van der Waals surface area contributed by atoms with E-state index in [2.05, 4.69) is 9.97 Å². The molecule has 0 amide bonds.